The second kappa shape index (κ2) is 29.2. The molecular weight excluding hydrogens is 652 g/mol. The summed E-state index contributed by atoms with van der Waals surface area (Å²) in [6.07, 6.45) is 20.7. The van der Waals surface area contributed by atoms with Gasteiger partial charge in [-0.25, -0.2) is 9.78 Å². The lowest BCUT2D eigenvalue weighted by Crippen LogP contribution is -2.41. The van der Waals surface area contributed by atoms with Crippen LogP contribution in [0.2, 0.25) is 0 Å². The number of hydrogen-bond donors (Lipinski definition) is 6. The first-order valence-corrected chi connectivity index (χ1v) is 19.3. The Morgan fingerprint density at radius 3 is 1.98 bits per heavy atom. The Bertz CT molecular complexity index is 1140. The fourth-order valence-corrected chi connectivity index (χ4v) is 5.96. The van der Waals surface area contributed by atoms with Crippen molar-refractivity contribution in [2.24, 2.45) is 11.7 Å². The Morgan fingerprint density at radius 2 is 1.41 bits per heavy atom. The minimum atomic E-state index is -1.17. The summed E-state index contributed by atoms with van der Waals surface area (Å²) >= 11 is 0. The molecule has 290 valence electrons. The van der Waals surface area contributed by atoms with E-state index in [-0.39, 0.29) is 74.4 Å². The molecule has 0 saturated carbocycles. The number of rotatable bonds is 34. The Hall–Kier alpha value is -3.45. The fraction of sp³-hybridized carbons (Fsp3) is 0.763. The van der Waals surface area contributed by atoms with Crippen LogP contribution in [0.5, 0.6) is 0 Å². The molecule has 3 atom stereocenters. The fourth-order valence-electron chi connectivity index (χ4n) is 5.96. The summed E-state index contributed by atoms with van der Waals surface area (Å²) in [6.45, 7) is 3.99. The van der Waals surface area contributed by atoms with Gasteiger partial charge in [0, 0.05) is 50.0 Å². The van der Waals surface area contributed by atoms with Crippen LogP contribution in [0.25, 0.3) is 0 Å². The summed E-state index contributed by atoms with van der Waals surface area (Å²) in [4.78, 5) is 80.3. The average Bonchev–Trinajstić information content (AvgIpc) is 3.60. The zero-order valence-corrected chi connectivity index (χ0v) is 31.3. The molecule has 1 heterocycles. The second-order valence-corrected chi connectivity index (χ2v) is 13.9. The lowest BCUT2D eigenvalue weighted by molar-refractivity contribution is -0.142. The summed E-state index contributed by atoms with van der Waals surface area (Å²) in [5.74, 6) is -2.92. The summed E-state index contributed by atoms with van der Waals surface area (Å²) in [5, 5.41) is 17.7. The van der Waals surface area contributed by atoms with Crippen molar-refractivity contribution < 1.29 is 33.9 Å². The Labute approximate surface area is 304 Å². The SMILES string of the molecule is CCCCCCCCCCCCCCCC(=O)N[C@H](CCC(=O)NCCCC[C@@H](CC(=O)[C@@H](N)Cc1cnc[nH]1)C(=O)CNCC(C)=O)C(=O)O. The number of Topliss-reactive ketones (excluding diaryl/α,β-unsaturated/α-hetero) is 3. The third-order valence-corrected chi connectivity index (χ3v) is 9.09. The maximum absolute atomic E-state index is 12.9. The predicted molar refractivity (Wildman–Crippen MR) is 198 cm³/mol. The molecule has 0 aliphatic carbocycles. The van der Waals surface area contributed by atoms with Crippen molar-refractivity contribution in [2.45, 2.75) is 161 Å². The van der Waals surface area contributed by atoms with Crippen LogP contribution in [0.3, 0.4) is 0 Å². The summed E-state index contributed by atoms with van der Waals surface area (Å²) < 4.78 is 0. The molecule has 1 rings (SSSR count). The summed E-state index contributed by atoms with van der Waals surface area (Å²) in [7, 11) is 0. The molecule has 51 heavy (non-hydrogen) atoms. The van der Waals surface area contributed by atoms with Crippen LogP contribution >= 0.6 is 0 Å². The van der Waals surface area contributed by atoms with Gasteiger partial charge in [0.05, 0.1) is 25.5 Å². The highest BCUT2D eigenvalue weighted by atomic mass is 16.4. The van der Waals surface area contributed by atoms with E-state index in [9.17, 15) is 33.9 Å². The van der Waals surface area contributed by atoms with E-state index in [1.165, 1.54) is 71.0 Å². The topological polar surface area (TPSA) is 213 Å². The molecule has 0 saturated heterocycles. The molecule has 7 N–H and O–H groups in total. The van der Waals surface area contributed by atoms with Gasteiger partial charge in [-0.1, -0.05) is 90.4 Å². The lowest BCUT2D eigenvalue weighted by Gasteiger charge is -2.18. The van der Waals surface area contributed by atoms with Crippen molar-refractivity contribution in [2.75, 3.05) is 19.6 Å². The third kappa shape index (κ3) is 24.4. The predicted octanol–water partition coefficient (Wildman–Crippen LogP) is 4.72. The van der Waals surface area contributed by atoms with E-state index in [0.29, 0.717) is 32.2 Å². The number of nitrogens with zero attached hydrogens (tertiary/aromatic N) is 1. The number of carbonyl (C=O) groups excluding carboxylic acids is 5. The number of carboxylic acid groups (broad SMARTS) is 1. The Kier molecular flexibility index (Phi) is 26.1. The van der Waals surface area contributed by atoms with Crippen molar-refractivity contribution in [1.29, 1.82) is 0 Å². The highest BCUT2D eigenvalue weighted by Crippen LogP contribution is 2.17. The standard InChI is InChI=1S/C38H66N6O7/c1-3-4-5-6-7-8-9-10-11-12-13-14-15-19-37(49)44-33(38(50)51)20-21-36(48)42-22-17-16-18-30(35(47)27-40-25-29(2)45)23-34(46)32(39)24-31-26-41-28-43-31/h26,28,30,32-33,40H,3-25,27,39H2,1-2H3,(H,41,43)(H,42,48)(H,44,49)(H,50,51)/t30-,32-,33+/m0/s1. The molecule has 2 amide bonds. The second-order valence-electron chi connectivity index (χ2n) is 13.9. The molecule has 1 aromatic rings. The zero-order valence-electron chi connectivity index (χ0n) is 31.3. The number of aliphatic carboxylic acids is 1. The number of imidazole rings is 1. The van der Waals surface area contributed by atoms with E-state index in [1.54, 1.807) is 6.20 Å². The molecule has 1 aromatic heterocycles. The van der Waals surface area contributed by atoms with Gasteiger partial charge in [-0.05, 0) is 32.6 Å². The minimum absolute atomic E-state index is 0.0176. The number of nitrogens with two attached hydrogens (primary N) is 1. The number of nitrogens with one attached hydrogen (secondary N) is 4. The molecule has 0 aromatic carbocycles. The molecule has 13 heteroatoms. The molecular formula is C38H66N6O7. The molecule has 0 aliphatic heterocycles. The molecule has 13 nitrogen and oxygen atoms in total. The van der Waals surface area contributed by atoms with Crippen LogP contribution in [-0.4, -0.2) is 81.9 Å². The highest BCUT2D eigenvalue weighted by Gasteiger charge is 2.25. The molecule has 0 radical (unpaired) electrons. The zero-order chi connectivity index (χ0) is 37.7. The van der Waals surface area contributed by atoms with E-state index < -0.39 is 24.0 Å². The van der Waals surface area contributed by atoms with Gasteiger partial charge in [-0.2, -0.15) is 0 Å². The first kappa shape index (κ1) is 45.6. The number of carboxylic acids is 1. The van der Waals surface area contributed by atoms with Gasteiger partial charge >= 0.3 is 5.97 Å². The maximum atomic E-state index is 12.9. The molecule has 0 fully saturated rings. The number of amides is 2. The van der Waals surface area contributed by atoms with Crippen molar-refractivity contribution >= 4 is 35.1 Å². The van der Waals surface area contributed by atoms with Gasteiger partial charge in [0.1, 0.15) is 17.6 Å². The van der Waals surface area contributed by atoms with Crippen LogP contribution in [0, 0.1) is 5.92 Å². The van der Waals surface area contributed by atoms with Crippen LogP contribution in [0.1, 0.15) is 148 Å². The number of aromatic nitrogens is 2. The Morgan fingerprint density at radius 1 is 0.784 bits per heavy atom. The maximum Gasteiger partial charge on any atom is 0.326 e. The quantitative estimate of drug-likeness (QED) is 0.0540. The van der Waals surface area contributed by atoms with Crippen LogP contribution < -0.4 is 21.7 Å². The number of carbonyl (C=O) groups is 6. The number of H-pyrrole nitrogens is 1. The van der Waals surface area contributed by atoms with E-state index in [0.717, 1.165) is 25.0 Å². The molecule has 0 spiro atoms. The average molecular weight is 719 g/mol. The monoisotopic (exact) mass is 718 g/mol. The van der Waals surface area contributed by atoms with Gasteiger partial charge in [-0.15, -0.1) is 0 Å². The van der Waals surface area contributed by atoms with Crippen molar-refractivity contribution in [3.8, 4) is 0 Å². The first-order chi connectivity index (χ1) is 24.5. The van der Waals surface area contributed by atoms with Gasteiger partial charge in [0.2, 0.25) is 11.8 Å². The van der Waals surface area contributed by atoms with E-state index in [2.05, 4.69) is 32.8 Å². The molecule has 0 aliphatic rings. The summed E-state index contributed by atoms with van der Waals surface area (Å²) in [5.41, 5.74) is 6.81. The van der Waals surface area contributed by atoms with Gasteiger partial charge < -0.3 is 31.8 Å². The highest BCUT2D eigenvalue weighted by molar-refractivity contribution is 5.91. The van der Waals surface area contributed by atoms with E-state index >= 15 is 0 Å². The van der Waals surface area contributed by atoms with Gasteiger partial charge in [-0.3, -0.25) is 24.0 Å². The van der Waals surface area contributed by atoms with Crippen molar-refractivity contribution in [3.05, 3.63) is 18.2 Å². The smallest absolute Gasteiger partial charge is 0.326 e. The summed E-state index contributed by atoms with van der Waals surface area (Å²) in [6, 6.07) is -1.92. The molecule has 0 bridgehead atoms. The third-order valence-electron chi connectivity index (χ3n) is 9.09. The first-order valence-electron chi connectivity index (χ1n) is 19.3. The van der Waals surface area contributed by atoms with Crippen molar-refractivity contribution in [1.82, 2.24) is 25.9 Å². The Balaban J connectivity index is 2.30. The van der Waals surface area contributed by atoms with Crippen LogP contribution in [-0.2, 0) is 35.2 Å². The van der Waals surface area contributed by atoms with Crippen LogP contribution in [0.4, 0.5) is 0 Å². The minimum Gasteiger partial charge on any atom is -0.480 e. The van der Waals surface area contributed by atoms with E-state index in [4.69, 9.17) is 5.73 Å². The molecule has 0 unspecified atom stereocenters. The lowest BCUT2D eigenvalue weighted by atomic mass is 9.89. The number of ketones is 3. The van der Waals surface area contributed by atoms with Gasteiger partial charge in [0.25, 0.3) is 0 Å². The van der Waals surface area contributed by atoms with Crippen LogP contribution in [0.15, 0.2) is 12.5 Å². The normalized spacial score (nSPS) is 12.9. The number of aromatic amines is 1. The van der Waals surface area contributed by atoms with E-state index in [1.807, 2.05) is 0 Å². The number of unbranched alkanes of at least 4 members (excludes halogenated alkanes) is 13. The largest absolute Gasteiger partial charge is 0.480 e. The van der Waals surface area contributed by atoms with Crippen molar-refractivity contribution in [3.63, 3.8) is 0 Å². The number of hydrogen-bond acceptors (Lipinski definition) is 9. The van der Waals surface area contributed by atoms with Gasteiger partial charge in [0.15, 0.2) is 5.78 Å².